The minimum atomic E-state index is -4.79. The maximum atomic E-state index is 11.0. The molecular formula is C6H11NO7S. The number of hydrogen-bond acceptors (Lipinski definition) is 6. The van der Waals surface area contributed by atoms with E-state index in [1.807, 2.05) is 0 Å². The van der Waals surface area contributed by atoms with E-state index in [-0.39, 0.29) is 13.2 Å². The average Bonchev–Trinajstić information content (AvgIpc) is 2.08. The van der Waals surface area contributed by atoms with E-state index in [1.165, 1.54) is 0 Å². The van der Waals surface area contributed by atoms with E-state index in [2.05, 4.69) is 4.74 Å². The molecule has 0 fully saturated rings. The van der Waals surface area contributed by atoms with Crippen LogP contribution in [0.2, 0.25) is 0 Å². The summed E-state index contributed by atoms with van der Waals surface area (Å²) in [7, 11) is -4.79. The Morgan fingerprint density at radius 1 is 1.40 bits per heavy atom. The maximum Gasteiger partial charge on any atom is 0.327 e. The lowest BCUT2D eigenvalue weighted by molar-refractivity contribution is -0.147. The van der Waals surface area contributed by atoms with Gasteiger partial charge >= 0.3 is 11.9 Å². The summed E-state index contributed by atoms with van der Waals surface area (Å²) >= 11 is 0. The first kappa shape index (κ1) is 13.8. The minimum Gasteiger partial charge on any atom is -0.481 e. The lowest BCUT2D eigenvalue weighted by Gasteiger charge is -2.10. The molecule has 4 N–H and O–H groups in total. The van der Waals surface area contributed by atoms with Crippen molar-refractivity contribution in [1.29, 1.82) is 0 Å². The van der Waals surface area contributed by atoms with Gasteiger partial charge in [0.25, 0.3) is 10.1 Å². The Hall–Kier alpha value is -1.19. The van der Waals surface area contributed by atoms with Gasteiger partial charge in [0.15, 0.2) is 5.25 Å². The molecule has 0 aliphatic heterocycles. The molecular weight excluding hydrogens is 230 g/mol. The van der Waals surface area contributed by atoms with Crippen molar-refractivity contribution < 1.29 is 32.4 Å². The summed E-state index contributed by atoms with van der Waals surface area (Å²) in [6.45, 7) is -0.276. The van der Waals surface area contributed by atoms with Crippen molar-refractivity contribution in [2.24, 2.45) is 5.73 Å². The second kappa shape index (κ2) is 5.63. The van der Waals surface area contributed by atoms with Crippen LogP contribution >= 0.6 is 0 Å². The van der Waals surface area contributed by atoms with E-state index in [9.17, 15) is 18.0 Å². The number of nitrogens with two attached hydrogens (primary N) is 1. The van der Waals surface area contributed by atoms with Crippen LogP contribution in [-0.2, 0) is 24.4 Å². The maximum absolute atomic E-state index is 11.0. The van der Waals surface area contributed by atoms with Gasteiger partial charge in [0.2, 0.25) is 0 Å². The van der Waals surface area contributed by atoms with Crippen LogP contribution < -0.4 is 5.73 Å². The molecule has 0 bridgehead atoms. The molecule has 0 aromatic rings. The molecule has 0 aromatic heterocycles. The highest BCUT2D eigenvalue weighted by Gasteiger charge is 2.34. The SMILES string of the molecule is NCCOC(=O)C(CC(=O)O)S(=O)(=O)O. The van der Waals surface area contributed by atoms with Gasteiger partial charge in [0.1, 0.15) is 6.61 Å². The van der Waals surface area contributed by atoms with Crippen LogP contribution in [0.1, 0.15) is 6.42 Å². The fourth-order valence-corrected chi connectivity index (χ4v) is 1.39. The van der Waals surface area contributed by atoms with Gasteiger partial charge in [-0.3, -0.25) is 14.1 Å². The molecule has 0 saturated heterocycles. The zero-order chi connectivity index (χ0) is 12.1. The summed E-state index contributed by atoms with van der Waals surface area (Å²) < 4.78 is 34.2. The lowest BCUT2D eigenvalue weighted by Crippen LogP contribution is -2.34. The topological polar surface area (TPSA) is 144 Å². The third kappa shape index (κ3) is 5.30. The van der Waals surface area contributed by atoms with Crippen LogP contribution in [0.15, 0.2) is 0 Å². The molecule has 88 valence electrons. The molecule has 0 rings (SSSR count). The van der Waals surface area contributed by atoms with Crippen LogP contribution in [-0.4, -0.2) is 48.4 Å². The Balaban J connectivity index is 4.64. The lowest BCUT2D eigenvalue weighted by atomic mass is 10.3. The first-order valence-corrected chi connectivity index (χ1v) is 5.34. The van der Waals surface area contributed by atoms with Gasteiger partial charge in [0.05, 0.1) is 6.42 Å². The van der Waals surface area contributed by atoms with Crippen molar-refractivity contribution in [3.63, 3.8) is 0 Å². The summed E-state index contributed by atoms with van der Waals surface area (Å²) in [5.41, 5.74) is 4.98. The highest BCUT2D eigenvalue weighted by Crippen LogP contribution is 2.06. The smallest absolute Gasteiger partial charge is 0.327 e. The van der Waals surface area contributed by atoms with Crippen LogP contribution in [0.25, 0.3) is 0 Å². The van der Waals surface area contributed by atoms with E-state index < -0.39 is 33.7 Å². The standard InChI is InChI=1S/C6H11NO7S/c7-1-2-14-6(10)4(3-5(8)9)15(11,12)13/h4H,1-3,7H2,(H,8,9)(H,11,12,13). The number of carboxylic acid groups (broad SMARTS) is 1. The molecule has 0 aliphatic carbocycles. The summed E-state index contributed by atoms with van der Waals surface area (Å²) in [5, 5.41) is 6.20. The van der Waals surface area contributed by atoms with Gasteiger partial charge in [0, 0.05) is 6.54 Å². The second-order valence-corrected chi connectivity index (χ2v) is 4.16. The zero-order valence-electron chi connectivity index (χ0n) is 7.62. The zero-order valence-corrected chi connectivity index (χ0v) is 8.44. The molecule has 0 radical (unpaired) electrons. The number of rotatable bonds is 6. The van der Waals surface area contributed by atoms with Gasteiger partial charge < -0.3 is 15.6 Å². The van der Waals surface area contributed by atoms with Crippen molar-refractivity contribution in [1.82, 2.24) is 0 Å². The first-order chi connectivity index (χ1) is 6.79. The van der Waals surface area contributed by atoms with Crippen LogP contribution in [0.4, 0.5) is 0 Å². The van der Waals surface area contributed by atoms with Crippen LogP contribution in [0.5, 0.6) is 0 Å². The number of esters is 1. The molecule has 0 aromatic carbocycles. The van der Waals surface area contributed by atoms with E-state index in [1.54, 1.807) is 0 Å². The second-order valence-electron chi connectivity index (χ2n) is 2.56. The number of carboxylic acids is 1. The Bertz CT molecular complexity index is 335. The number of aliphatic carboxylic acids is 1. The van der Waals surface area contributed by atoms with Crippen LogP contribution in [0, 0.1) is 0 Å². The summed E-state index contributed by atoms with van der Waals surface area (Å²) in [4.78, 5) is 21.2. The quantitative estimate of drug-likeness (QED) is 0.365. The van der Waals surface area contributed by atoms with Gasteiger partial charge in [-0.2, -0.15) is 8.42 Å². The molecule has 0 heterocycles. The average molecular weight is 241 g/mol. The van der Waals surface area contributed by atoms with E-state index in [4.69, 9.17) is 15.4 Å². The predicted octanol–water partition coefficient (Wildman–Crippen LogP) is -1.78. The molecule has 1 atom stereocenters. The van der Waals surface area contributed by atoms with Crippen molar-refractivity contribution >= 4 is 22.1 Å². The molecule has 0 aliphatic rings. The largest absolute Gasteiger partial charge is 0.481 e. The van der Waals surface area contributed by atoms with Crippen molar-refractivity contribution in [3.05, 3.63) is 0 Å². The van der Waals surface area contributed by atoms with Crippen molar-refractivity contribution in [3.8, 4) is 0 Å². The molecule has 1 unspecified atom stereocenters. The Morgan fingerprint density at radius 3 is 2.27 bits per heavy atom. The fraction of sp³-hybridized carbons (Fsp3) is 0.667. The van der Waals surface area contributed by atoms with Gasteiger partial charge in [-0.1, -0.05) is 0 Å². The van der Waals surface area contributed by atoms with E-state index in [0.717, 1.165) is 0 Å². The number of carbonyl (C=O) groups is 2. The summed E-state index contributed by atoms with van der Waals surface area (Å²) in [5.74, 6) is -2.87. The minimum absolute atomic E-state index is 0.0307. The van der Waals surface area contributed by atoms with E-state index in [0.29, 0.717) is 0 Å². The molecule has 0 amide bonds. The summed E-state index contributed by atoms with van der Waals surface area (Å²) in [6, 6.07) is 0. The molecule has 15 heavy (non-hydrogen) atoms. The van der Waals surface area contributed by atoms with Crippen LogP contribution in [0.3, 0.4) is 0 Å². The highest BCUT2D eigenvalue weighted by atomic mass is 32.2. The molecule has 0 spiro atoms. The molecule has 8 nitrogen and oxygen atoms in total. The Morgan fingerprint density at radius 2 is 1.93 bits per heavy atom. The van der Waals surface area contributed by atoms with Gasteiger partial charge in [-0.15, -0.1) is 0 Å². The molecule has 0 saturated carbocycles. The highest BCUT2D eigenvalue weighted by molar-refractivity contribution is 7.87. The number of ether oxygens (including phenoxy) is 1. The Kier molecular flexibility index (Phi) is 5.19. The normalized spacial score (nSPS) is 13.2. The van der Waals surface area contributed by atoms with Crippen molar-refractivity contribution in [2.75, 3.05) is 13.2 Å². The summed E-state index contributed by atoms with van der Waals surface area (Å²) in [6.07, 6.45) is -1.05. The fourth-order valence-electron chi connectivity index (χ4n) is 0.721. The van der Waals surface area contributed by atoms with Gasteiger partial charge in [-0.25, -0.2) is 0 Å². The van der Waals surface area contributed by atoms with Crippen molar-refractivity contribution in [2.45, 2.75) is 11.7 Å². The van der Waals surface area contributed by atoms with Gasteiger partial charge in [-0.05, 0) is 0 Å². The van der Waals surface area contributed by atoms with E-state index >= 15 is 0 Å². The number of carbonyl (C=O) groups excluding carboxylic acids is 1. The number of hydrogen-bond donors (Lipinski definition) is 3. The Labute approximate surface area is 85.8 Å². The third-order valence-corrected chi connectivity index (χ3v) is 2.42. The molecule has 9 heteroatoms. The predicted molar refractivity (Wildman–Crippen MR) is 47.6 cm³/mol. The monoisotopic (exact) mass is 241 g/mol. The third-order valence-electron chi connectivity index (χ3n) is 1.34. The first-order valence-electron chi connectivity index (χ1n) is 3.83.